The van der Waals surface area contributed by atoms with Gasteiger partial charge in [-0.3, -0.25) is 4.57 Å². The average molecular weight is 311 g/mol. The summed E-state index contributed by atoms with van der Waals surface area (Å²) < 4.78 is 11.2. The molecule has 0 aliphatic carbocycles. The van der Waals surface area contributed by atoms with Crippen molar-refractivity contribution in [2.75, 3.05) is 7.11 Å². The third kappa shape index (κ3) is 4.87. The van der Waals surface area contributed by atoms with Gasteiger partial charge in [-0.1, -0.05) is 13.3 Å². The molecule has 0 aromatic carbocycles. The first-order chi connectivity index (χ1) is 10.2. The predicted octanol–water partition coefficient (Wildman–Crippen LogP) is 2.82. The highest BCUT2D eigenvalue weighted by Gasteiger charge is 2.25. The van der Waals surface area contributed by atoms with Crippen molar-refractivity contribution in [3.8, 4) is 0 Å². The van der Waals surface area contributed by atoms with E-state index in [0.717, 1.165) is 12.8 Å². The molecule has 1 atom stereocenters. The van der Waals surface area contributed by atoms with Gasteiger partial charge in [-0.25, -0.2) is 9.59 Å². The summed E-state index contributed by atoms with van der Waals surface area (Å²) in [6.45, 7) is 7.39. The lowest BCUT2D eigenvalue weighted by molar-refractivity contribution is -0.150. The number of rotatable bonds is 5. The Balaban J connectivity index is 3.10. The quantitative estimate of drug-likeness (QED) is 0.846. The Morgan fingerprint density at radius 1 is 1.36 bits per heavy atom. The minimum Gasteiger partial charge on any atom is -0.467 e. The van der Waals surface area contributed by atoms with Gasteiger partial charge in [0.2, 0.25) is 0 Å². The van der Waals surface area contributed by atoms with Crippen LogP contribution in [0.25, 0.3) is 0 Å². The molecule has 124 valence electrons. The highest BCUT2D eigenvalue weighted by molar-refractivity contribution is 5.77. The molecule has 22 heavy (non-hydrogen) atoms. The van der Waals surface area contributed by atoms with Crippen LogP contribution in [0.2, 0.25) is 0 Å². The Morgan fingerprint density at radius 3 is 2.50 bits per heavy atom. The number of esters is 1. The van der Waals surface area contributed by atoms with Gasteiger partial charge in [0.25, 0.3) is 0 Å². The number of methoxy groups -OCH3 is 1. The van der Waals surface area contributed by atoms with E-state index < -0.39 is 23.8 Å². The van der Waals surface area contributed by atoms with Crippen LogP contribution in [0.5, 0.6) is 0 Å². The zero-order chi connectivity index (χ0) is 16.9. The van der Waals surface area contributed by atoms with Gasteiger partial charge in [-0.05, 0) is 39.7 Å². The van der Waals surface area contributed by atoms with Crippen molar-refractivity contribution in [3.05, 3.63) is 23.5 Å². The number of aliphatic hydroxyl groups excluding tert-OH is 1. The van der Waals surface area contributed by atoms with E-state index in [1.165, 1.54) is 17.9 Å². The van der Waals surface area contributed by atoms with Gasteiger partial charge >= 0.3 is 12.1 Å². The molecule has 1 unspecified atom stereocenters. The van der Waals surface area contributed by atoms with E-state index in [9.17, 15) is 14.7 Å². The molecule has 0 radical (unpaired) electrons. The summed E-state index contributed by atoms with van der Waals surface area (Å²) in [5.74, 6) is -0.761. The monoisotopic (exact) mass is 311 g/mol. The molecule has 0 aliphatic rings. The van der Waals surface area contributed by atoms with Crippen molar-refractivity contribution in [1.29, 1.82) is 0 Å². The largest absolute Gasteiger partial charge is 0.467 e. The third-order valence-electron chi connectivity index (χ3n) is 3.04. The van der Waals surface area contributed by atoms with Gasteiger partial charge in [0.1, 0.15) is 5.60 Å². The normalized spacial score (nSPS) is 12.8. The summed E-state index contributed by atoms with van der Waals surface area (Å²) in [5, 5.41) is 9.93. The lowest BCUT2D eigenvalue weighted by Crippen LogP contribution is -2.27. The van der Waals surface area contributed by atoms with E-state index in [-0.39, 0.29) is 0 Å². The molecule has 0 fully saturated rings. The van der Waals surface area contributed by atoms with Gasteiger partial charge in [-0.15, -0.1) is 0 Å². The lowest BCUT2D eigenvalue weighted by atomic mass is 10.1. The van der Waals surface area contributed by atoms with E-state index in [1.54, 1.807) is 26.8 Å². The van der Waals surface area contributed by atoms with Crippen LogP contribution < -0.4 is 0 Å². The smallest absolute Gasteiger partial charge is 0.418 e. The van der Waals surface area contributed by atoms with Gasteiger partial charge in [0.15, 0.2) is 6.10 Å². The number of carbonyl (C=O) groups excluding carboxylic acids is 2. The molecule has 1 heterocycles. The van der Waals surface area contributed by atoms with Crippen molar-refractivity contribution in [2.45, 2.75) is 58.7 Å². The molecule has 0 saturated heterocycles. The standard InChI is InChI=1S/C16H25NO5/c1-6-7-8-12-9-11(13(18)14(19)21-5)10-17(12)15(20)22-16(2,3)4/h9-10,13,18H,6-8H2,1-5H3. The number of hydrogen-bond donors (Lipinski definition) is 1. The van der Waals surface area contributed by atoms with Gasteiger partial charge in [-0.2, -0.15) is 0 Å². The minimum absolute atomic E-state index is 0.323. The van der Waals surface area contributed by atoms with Gasteiger partial charge < -0.3 is 14.6 Å². The second-order valence-corrected chi connectivity index (χ2v) is 6.14. The van der Waals surface area contributed by atoms with Crippen LogP contribution in [0.3, 0.4) is 0 Å². The fraction of sp³-hybridized carbons (Fsp3) is 0.625. The summed E-state index contributed by atoms with van der Waals surface area (Å²) >= 11 is 0. The molecule has 0 aliphatic heterocycles. The van der Waals surface area contributed by atoms with Gasteiger partial charge in [0.05, 0.1) is 7.11 Å². The Labute approximate surface area is 131 Å². The van der Waals surface area contributed by atoms with Crippen molar-refractivity contribution < 1.29 is 24.2 Å². The van der Waals surface area contributed by atoms with E-state index in [0.29, 0.717) is 17.7 Å². The number of aromatic nitrogens is 1. The second-order valence-electron chi connectivity index (χ2n) is 6.14. The number of unbranched alkanes of at least 4 members (excludes halogenated alkanes) is 1. The molecule has 1 N–H and O–H groups in total. The Hall–Kier alpha value is -1.82. The number of carbonyl (C=O) groups is 2. The van der Waals surface area contributed by atoms with E-state index in [1.807, 2.05) is 6.92 Å². The first-order valence-electron chi connectivity index (χ1n) is 7.40. The van der Waals surface area contributed by atoms with Crippen molar-refractivity contribution in [2.24, 2.45) is 0 Å². The lowest BCUT2D eigenvalue weighted by Gasteiger charge is -2.20. The topological polar surface area (TPSA) is 77.8 Å². The summed E-state index contributed by atoms with van der Waals surface area (Å²) in [4.78, 5) is 23.7. The maximum absolute atomic E-state index is 12.3. The van der Waals surface area contributed by atoms with Gasteiger partial charge in [0, 0.05) is 17.5 Å². The molecule has 0 saturated carbocycles. The van der Waals surface area contributed by atoms with Crippen LogP contribution in [-0.2, 0) is 20.7 Å². The molecular formula is C16H25NO5. The Bertz CT molecular complexity index is 527. The van der Waals surface area contributed by atoms with Crippen LogP contribution in [0.15, 0.2) is 12.3 Å². The zero-order valence-electron chi connectivity index (χ0n) is 13.9. The fourth-order valence-corrected chi connectivity index (χ4v) is 1.96. The molecule has 0 bridgehead atoms. The molecule has 6 heteroatoms. The number of aryl methyl sites for hydroxylation is 1. The molecule has 6 nitrogen and oxygen atoms in total. The first kappa shape index (κ1) is 18.2. The number of ether oxygens (including phenoxy) is 2. The maximum Gasteiger partial charge on any atom is 0.418 e. The number of hydrogen-bond acceptors (Lipinski definition) is 5. The number of aliphatic hydroxyl groups is 1. The van der Waals surface area contributed by atoms with Crippen molar-refractivity contribution in [3.63, 3.8) is 0 Å². The predicted molar refractivity (Wildman–Crippen MR) is 81.7 cm³/mol. The summed E-state index contributed by atoms with van der Waals surface area (Å²) in [7, 11) is 1.20. The van der Waals surface area contributed by atoms with Crippen LogP contribution in [-0.4, -0.2) is 34.4 Å². The first-order valence-corrected chi connectivity index (χ1v) is 7.40. The molecule has 0 spiro atoms. The molecule has 1 aromatic rings. The highest BCUT2D eigenvalue weighted by atomic mass is 16.6. The van der Waals surface area contributed by atoms with E-state index >= 15 is 0 Å². The zero-order valence-corrected chi connectivity index (χ0v) is 13.9. The molecule has 0 amide bonds. The van der Waals surface area contributed by atoms with Crippen LogP contribution in [0.1, 0.15) is 57.9 Å². The third-order valence-corrected chi connectivity index (χ3v) is 3.04. The molecular weight excluding hydrogens is 286 g/mol. The average Bonchev–Trinajstić information content (AvgIpc) is 2.85. The summed E-state index contributed by atoms with van der Waals surface area (Å²) in [5.41, 5.74) is 0.405. The van der Waals surface area contributed by atoms with Crippen LogP contribution >= 0.6 is 0 Å². The fourth-order valence-electron chi connectivity index (χ4n) is 1.96. The van der Waals surface area contributed by atoms with Crippen LogP contribution in [0.4, 0.5) is 4.79 Å². The second kappa shape index (κ2) is 7.45. The Morgan fingerprint density at radius 2 is 2.00 bits per heavy atom. The molecule has 1 aromatic heterocycles. The van der Waals surface area contributed by atoms with Crippen LogP contribution in [0, 0.1) is 0 Å². The summed E-state index contributed by atoms with van der Waals surface area (Å²) in [6, 6.07) is 1.64. The SMILES string of the molecule is CCCCc1cc(C(O)C(=O)OC)cn1C(=O)OC(C)(C)C. The van der Waals surface area contributed by atoms with E-state index in [4.69, 9.17) is 4.74 Å². The maximum atomic E-state index is 12.3. The van der Waals surface area contributed by atoms with Crippen molar-refractivity contribution in [1.82, 2.24) is 4.57 Å². The van der Waals surface area contributed by atoms with Crippen molar-refractivity contribution >= 4 is 12.1 Å². The Kier molecular flexibility index (Phi) is 6.17. The molecule has 1 rings (SSSR count). The highest BCUT2D eigenvalue weighted by Crippen LogP contribution is 2.21. The summed E-state index contributed by atoms with van der Waals surface area (Å²) in [6.07, 6.45) is 2.01. The van der Waals surface area contributed by atoms with E-state index in [2.05, 4.69) is 4.74 Å². The minimum atomic E-state index is -1.41. The number of nitrogens with zero attached hydrogens (tertiary/aromatic N) is 1.